The predicted octanol–water partition coefficient (Wildman–Crippen LogP) is 7.87. The SMILES string of the molecule is O=C(Cl)c1c(O)ccc2c(C(=O)Cl)c(O)ccc12.O=C(Cl)c1cc(O)c(C(=O)Cl)cc1O.O=C(Cl)c1ccc2c(O)c(C(=O)Cl)ccc2c1O. The maximum absolute atomic E-state index is 11.3. The van der Waals surface area contributed by atoms with E-state index in [1.54, 1.807) is 0 Å². The van der Waals surface area contributed by atoms with Crippen LogP contribution in [0.2, 0.25) is 0 Å². The lowest BCUT2D eigenvalue weighted by atomic mass is 9.99. The van der Waals surface area contributed by atoms with Gasteiger partial charge in [0.05, 0.1) is 33.4 Å². The maximum atomic E-state index is 11.3. The maximum Gasteiger partial charge on any atom is 0.256 e. The van der Waals surface area contributed by atoms with Crippen molar-refractivity contribution in [2.45, 2.75) is 0 Å². The average Bonchev–Trinajstić information content (AvgIpc) is 3.02. The van der Waals surface area contributed by atoms with Crippen LogP contribution in [0.1, 0.15) is 62.1 Å². The second kappa shape index (κ2) is 16.3. The molecule has 18 heteroatoms. The van der Waals surface area contributed by atoms with Gasteiger partial charge in [0, 0.05) is 10.8 Å². The number of phenols is 6. The van der Waals surface area contributed by atoms with Crippen molar-refractivity contribution in [3.63, 3.8) is 0 Å². The molecular weight excluding hydrogens is 789 g/mol. The van der Waals surface area contributed by atoms with Crippen LogP contribution in [0.15, 0.2) is 60.7 Å². The second-order valence-corrected chi connectivity index (χ2v) is 11.6. The smallest absolute Gasteiger partial charge is 0.256 e. The minimum Gasteiger partial charge on any atom is -0.507 e. The monoisotopic (exact) mass is 802 g/mol. The van der Waals surface area contributed by atoms with Gasteiger partial charge in [0.25, 0.3) is 31.5 Å². The molecule has 0 fully saturated rings. The number of carbonyl (C=O) groups excluding carboxylic acids is 6. The van der Waals surface area contributed by atoms with Crippen LogP contribution >= 0.6 is 69.6 Å². The molecule has 6 N–H and O–H groups in total. The number of hydrogen-bond acceptors (Lipinski definition) is 12. The summed E-state index contributed by atoms with van der Waals surface area (Å²) in [7, 11) is 0. The fraction of sp³-hybridized carbons (Fsp3) is 0. The van der Waals surface area contributed by atoms with E-state index in [1.807, 2.05) is 0 Å². The Kier molecular flexibility index (Phi) is 12.9. The zero-order valence-electron chi connectivity index (χ0n) is 24.2. The minimum absolute atomic E-state index is 0.0754. The Bertz CT molecular complexity index is 2110. The Morgan fingerprint density at radius 2 is 0.620 bits per heavy atom. The lowest BCUT2D eigenvalue weighted by Gasteiger charge is -2.09. The fourth-order valence-corrected chi connectivity index (χ4v) is 5.38. The lowest BCUT2D eigenvalue weighted by molar-refractivity contribution is 0.106. The zero-order chi connectivity index (χ0) is 37.8. The molecule has 258 valence electrons. The summed E-state index contributed by atoms with van der Waals surface area (Å²) in [6, 6.07) is 12.2. The topological polar surface area (TPSA) is 224 Å². The highest BCUT2D eigenvalue weighted by atomic mass is 35.5. The van der Waals surface area contributed by atoms with Crippen molar-refractivity contribution >= 4 is 123 Å². The molecule has 0 aliphatic heterocycles. The highest BCUT2D eigenvalue weighted by Crippen LogP contribution is 2.37. The molecule has 50 heavy (non-hydrogen) atoms. The van der Waals surface area contributed by atoms with Gasteiger partial charge in [-0.25, -0.2) is 0 Å². The van der Waals surface area contributed by atoms with Crippen molar-refractivity contribution in [3.8, 4) is 34.5 Å². The Morgan fingerprint density at radius 1 is 0.340 bits per heavy atom. The van der Waals surface area contributed by atoms with Crippen LogP contribution < -0.4 is 0 Å². The van der Waals surface area contributed by atoms with Gasteiger partial charge in [0.15, 0.2) is 0 Å². The van der Waals surface area contributed by atoms with Crippen molar-refractivity contribution < 1.29 is 59.4 Å². The van der Waals surface area contributed by atoms with Gasteiger partial charge in [-0.2, -0.15) is 0 Å². The average molecular weight is 805 g/mol. The molecule has 12 nitrogen and oxygen atoms in total. The summed E-state index contributed by atoms with van der Waals surface area (Å²) in [6.45, 7) is 0. The van der Waals surface area contributed by atoms with Crippen LogP contribution in [0.3, 0.4) is 0 Å². The first-order valence-corrected chi connectivity index (χ1v) is 15.3. The van der Waals surface area contributed by atoms with E-state index >= 15 is 0 Å². The Balaban J connectivity index is 0.000000205. The van der Waals surface area contributed by atoms with Gasteiger partial charge in [-0.1, -0.05) is 0 Å². The normalized spacial score (nSPS) is 10.4. The van der Waals surface area contributed by atoms with Crippen LogP contribution in [-0.4, -0.2) is 62.1 Å². The summed E-state index contributed by atoms with van der Waals surface area (Å²) in [4.78, 5) is 66.0. The quantitative estimate of drug-likeness (QED) is 0.0713. The van der Waals surface area contributed by atoms with E-state index in [2.05, 4.69) is 0 Å². The highest BCUT2D eigenvalue weighted by molar-refractivity contribution is 6.71. The van der Waals surface area contributed by atoms with Crippen LogP contribution in [0.25, 0.3) is 21.5 Å². The Morgan fingerprint density at radius 3 is 0.880 bits per heavy atom. The molecule has 0 atom stereocenters. The lowest BCUT2D eigenvalue weighted by Crippen LogP contribution is -1.97. The van der Waals surface area contributed by atoms with Gasteiger partial charge in [0.1, 0.15) is 34.5 Å². The van der Waals surface area contributed by atoms with Crippen molar-refractivity contribution in [1.29, 1.82) is 0 Å². The van der Waals surface area contributed by atoms with E-state index in [1.165, 1.54) is 48.5 Å². The first-order chi connectivity index (χ1) is 23.3. The number of rotatable bonds is 6. The highest BCUT2D eigenvalue weighted by Gasteiger charge is 2.20. The molecule has 0 radical (unpaired) electrons. The van der Waals surface area contributed by atoms with Gasteiger partial charge < -0.3 is 30.6 Å². The van der Waals surface area contributed by atoms with E-state index < -0.39 is 43.0 Å². The number of hydrogen-bond donors (Lipinski definition) is 6. The van der Waals surface area contributed by atoms with Crippen LogP contribution in [0.4, 0.5) is 0 Å². The number of fused-ring (bicyclic) bond motifs is 2. The number of phenolic OH excluding ortho intramolecular Hbond substituents is 6. The van der Waals surface area contributed by atoms with Crippen molar-refractivity contribution in [2.75, 3.05) is 0 Å². The fourth-order valence-electron chi connectivity index (χ4n) is 4.38. The number of carbonyl (C=O) groups is 6. The van der Waals surface area contributed by atoms with Crippen LogP contribution in [0.5, 0.6) is 34.5 Å². The molecule has 5 aromatic carbocycles. The Labute approximate surface area is 309 Å². The zero-order valence-corrected chi connectivity index (χ0v) is 28.7. The summed E-state index contributed by atoms with van der Waals surface area (Å²) in [5.74, 6) is -2.33. The molecule has 0 bridgehead atoms. The molecule has 0 saturated carbocycles. The molecule has 0 aromatic heterocycles. The third kappa shape index (κ3) is 8.48. The first kappa shape index (κ1) is 39.6. The van der Waals surface area contributed by atoms with Gasteiger partial charge >= 0.3 is 0 Å². The summed E-state index contributed by atoms with van der Waals surface area (Å²) in [5, 5.41) is 53.0. The molecule has 5 rings (SSSR count). The summed E-state index contributed by atoms with van der Waals surface area (Å²) in [6.07, 6.45) is 0. The summed E-state index contributed by atoms with van der Waals surface area (Å²) in [5.41, 5.74) is -0.986. The van der Waals surface area contributed by atoms with Crippen LogP contribution in [0, 0.1) is 0 Å². The van der Waals surface area contributed by atoms with Gasteiger partial charge in [-0.3, -0.25) is 28.8 Å². The molecule has 0 unspecified atom stereocenters. The molecule has 0 amide bonds. The van der Waals surface area contributed by atoms with E-state index in [0.29, 0.717) is 0 Å². The third-order valence-electron chi connectivity index (χ3n) is 6.66. The summed E-state index contributed by atoms with van der Waals surface area (Å²) < 4.78 is 0. The number of aromatic hydroxyl groups is 6. The molecule has 0 heterocycles. The minimum atomic E-state index is -0.939. The van der Waals surface area contributed by atoms with Gasteiger partial charge in [0.2, 0.25) is 0 Å². The van der Waals surface area contributed by atoms with Gasteiger partial charge in [-0.15, -0.1) is 0 Å². The molecule has 0 aliphatic carbocycles. The molecule has 0 saturated heterocycles. The molecular formula is C32H16Cl6O12. The van der Waals surface area contributed by atoms with Crippen molar-refractivity contribution in [1.82, 2.24) is 0 Å². The van der Waals surface area contributed by atoms with Crippen molar-refractivity contribution in [2.24, 2.45) is 0 Å². The molecule has 0 spiro atoms. The van der Waals surface area contributed by atoms with Crippen LogP contribution in [-0.2, 0) is 0 Å². The van der Waals surface area contributed by atoms with E-state index in [4.69, 9.17) is 69.6 Å². The summed E-state index contributed by atoms with van der Waals surface area (Å²) >= 11 is 31.5. The number of halogens is 6. The first-order valence-electron chi connectivity index (χ1n) is 13.0. The third-order valence-corrected chi connectivity index (χ3v) is 7.85. The van der Waals surface area contributed by atoms with Gasteiger partial charge in [-0.05, 0) is 141 Å². The largest absolute Gasteiger partial charge is 0.507 e. The molecule has 0 aliphatic rings. The standard InChI is InChI=1S/2C12H6Cl2O4.C8H4Cl2O4/c13-11(17)9-5-1-3-7(15)10(12(14)18)6(5)2-4-8(9)16;13-11(17)7-3-1-5-6(10(7)16)2-4-8(9(5)15)12(14)18;9-7(13)3-1-5(11)4(8(10)14)2-6(3)12/h2*1-4,15-16H;1-2,11-12H. The van der Waals surface area contributed by atoms with E-state index in [0.717, 1.165) is 12.1 Å². The van der Waals surface area contributed by atoms with Crippen molar-refractivity contribution in [3.05, 3.63) is 94.0 Å². The van der Waals surface area contributed by atoms with E-state index in [-0.39, 0.29) is 77.9 Å². The Hall–Kier alpha value is -4.82. The molecule has 5 aromatic rings. The number of benzene rings is 5. The second-order valence-electron chi connectivity index (χ2n) is 9.56. The predicted molar refractivity (Wildman–Crippen MR) is 185 cm³/mol. The van der Waals surface area contributed by atoms with E-state index in [9.17, 15) is 59.4 Å².